The van der Waals surface area contributed by atoms with Crippen LogP contribution in [0.5, 0.6) is 0 Å². The molecule has 0 saturated heterocycles. The van der Waals surface area contributed by atoms with Gasteiger partial charge in [-0.2, -0.15) is 0 Å². The zero-order chi connectivity index (χ0) is 34.1. The average Bonchev–Trinajstić information content (AvgIpc) is 3.10. The van der Waals surface area contributed by atoms with Crippen LogP contribution in [0.1, 0.15) is 115 Å². The Morgan fingerprint density at radius 2 is 0.800 bits per heavy atom. The highest BCUT2D eigenvalue weighted by atomic mass is 15.2. The Bertz CT molecular complexity index is 1930. The SMILES string of the molecule is Cc1cc(C)cc(N2c3cc(C4CCCCC4)ccc3B3c4ccc(C5CCCCC5)cc4N(c4cc(C)cc(C)c4)c4cc(C)cc2c43)c1. The van der Waals surface area contributed by atoms with Gasteiger partial charge in [-0.3, -0.25) is 0 Å². The van der Waals surface area contributed by atoms with Crippen molar-refractivity contribution in [2.24, 2.45) is 0 Å². The molecule has 0 radical (unpaired) electrons. The van der Waals surface area contributed by atoms with Crippen molar-refractivity contribution in [3.8, 4) is 0 Å². The zero-order valence-electron chi connectivity index (χ0n) is 30.8. The third-order valence-corrected chi connectivity index (χ3v) is 12.3. The van der Waals surface area contributed by atoms with Crippen molar-refractivity contribution in [3.05, 3.63) is 124 Å². The Morgan fingerprint density at radius 3 is 1.20 bits per heavy atom. The Hall–Kier alpha value is -4.24. The second kappa shape index (κ2) is 12.5. The normalized spacial score (nSPS) is 17.4. The predicted molar refractivity (Wildman–Crippen MR) is 216 cm³/mol. The number of hydrogen-bond donors (Lipinski definition) is 0. The van der Waals surface area contributed by atoms with Gasteiger partial charge < -0.3 is 9.80 Å². The number of fused-ring (bicyclic) bond motifs is 4. The second-order valence-corrected chi connectivity index (χ2v) is 16.3. The number of anilines is 6. The van der Waals surface area contributed by atoms with Gasteiger partial charge in [0.2, 0.25) is 0 Å². The molecule has 0 N–H and O–H groups in total. The van der Waals surface area contributed by atoms with Crippen molar-refractivity contribution < 1.29 is 0 Å². The number of aryl methyl sites for hydroxylation is 5. The van der Waals surface area contributed by atoms with E-state index in [1.54, 1.807) is 0 Å². The van der Waals surface area contributed by atoms with E-state index in [2.05, 4.69) is 129 Å². The third-order valence-electron chi connectivity index (χ3n) is 12.3. The molecular formula is C47H51BN2. The molecule has 2 heterocycles. The van der Waals surface area contributed by atoms with E-state index in [0.29, 0.717) is 11.8 Å². The van der Waals surface area contributed by atoms with Crippen LogP contribution in [0.25, 0.3) is 0 Å². The largest absolute Gasteiger partial charge is 0.311 e. The summed E-state index contributed by atoms with van der Waals surface area (Å²) in [6.45, 7) is 11.5. The summed E-state index contributed by atoms with van der Waals surface area (Å²) < 4.78 is 0. The summed E-state index contributed by atoms with van der Waals surface area (Å²) in [7, 11) is 0. The van der Waals surface area contributed by atoms with Crippen LogP contribution in [0.2, 0.25) is 0 Å². The minimum absolute atomic E-state index is 0.177. The quantitative estimate of drug-likeness (QED) is 0.174. The van der Waals surface area contributed by atoms with Crippen LogP contribution in [0.4, 0.5) is 34.1 Å². The summed E-state index contributed by atoms with van der Waals surface area (Å²) in [5, 5.41) is 0. The van der Waals surface area contributed by atoms with Crippen LogP contribution in [0.15, 0.2) is 84.9 Å². The summed E-state index contributed by atoms with van der Waals surface area (Å²) in [6, 6.07) is 34.4. The summed E-state index contributed by atoms with van der Waals surface area (Å²) >= 11 is 0. The molecule has 0 spiro atoms. The zero-order valence-corrected chi connectivity index (χ0v) is 30.8. The molecule has 4 aliphatic rings. The highest BCUT2D eigenvalue weighted by Gasteiger charge is 2.44. The van der Waals surface area contributed by atoms with E-state index in [1.807, 2.05) is 0 Å². The summed E-state index contributed by atoms with van der Waals surface area (Å²) in [5.41, 5.74) is 21.9. The van der Waals surface area contributed by atoms with E-state index >= 15 is 0 Å². The van der Waals surface area contributed by atoms with Gasteiger partial charge in [0.05, 0.1) is 0 Å². The topological polar surface area (TPSA) is 6.48 Å². The first-order valence-corrected chi connectivity index (χ1v) is 19.5. The number of nitrogens with zero attached hydrogens (tertiary/aromatic N) is 2. The van der Waals surface area contributed by atoms with Crippen molar-refractivity contribution in [3.63, 3.8) is 0 Å². The smallest absolute Gasteiger partial charge is 0.252 e. The van der Waals surface area contributed by atoms with Crippen molar-refractivity contribution >= 4 is 57.2 Å². The van der Waals surface area contributed by atoms with Crippen molar-refractivity contribution in [1.29, 1.82) is 0 Å². The van der Waals surface area contributed by atoms with Gasteiger partial charge >= 0.3 is 0 Å². The molecule has 0 unspecified atom stereocenters. The first-order chi connectivity index (χ1) is 24.3. The molecule has 2 saturated carbocycles. The molecule has 2 aliphatic heterocycles. The Balaban J connectivity index is 1.33. The molecule has 0 amide bonds. The molecule has 9 rings (SSSR count). The monoisotopic (exact) mass is 654 g/mol. The molecule has 252 valence electrons. The van der Waals surface area contributed by atoms with Crippen LogP contribution >= 0.6 is 0 Å². The van der Waals surface area contributed by atoms with Gasteiger partial charge in [-0.1, -0.05) is 74.9 Å². The van der Waals surface area contributed by atoms with Gasteiger partial charge in [-0.05, 0) is 176 Å². The van der Waals surface area contributed by atoms with Gasteiger partial charge in [-0.15, -0.1) is 0 Å². The van der Waals surface area contributed by atoms with Crippen LogP contribution in [-0.4, -0.2) is 6.71 Å². The minimum atomic E-state index is 0.177. The minimum Gasteiger partial charge on any atom is -0.311 e. The van der Waals surface area contributed by atoms with Crippen molar-refractivity contribution in [2.45, 2.75) is 111 Å². The third kappa shape index (κ3) is 5.40. The predicted octanol–water partition coefficient (Wildman–Crippen LogP) is 11.4. The first-order valence-electron chi connectivity index (χ1n) is 19.5. The summed E-state index contributed by atoms with van der Waals surface area (Å²) in [6.07, 6.45) is 13.4. The summed E-state index contributed by atoms with van der Waals surface area (Å²) in [4.78, 5) is 5.26. The second-order valence-electron chi connectivity index (χ2n) is 16.3. The number of benzene rings is 5. The number of rotatable bonds is 4. The molecule has 3 heteroatoms. The lowest BCUT2D eigenvalue weighted by Crippen LogP contribution is -2.61. The van der Waals surface area contributed by atoms with E-state index in [1.165, 1.54) is 154 Å². The fraction of sp³-hybridized carbons (Fsp3) is 0.362. The molecule has 2 fully saturated rings. The maximum absolute atomic E-state index is 2.63. The van der Waals surface area contributed by atoms with Crippen LogP contribution in [0, 0.1) is 34.6 Å². The van der Waals surface area contributed by atoms with E-state index in [-0.39, 0.29) is 6.71 Å². The maximum atomic E-state index is 2.63. The Morgan fingerprint density at radius 1 is 0.420 bits per heavy atom. The molecule has 0 aromatic heterocycles. The highest BCUT2D eigenvalue weighted by Crippen LogP contribution is 2.47. The van der Waals surface area contributed by atoms with Crippen molar-refractivity contribution in [2.75, 3.05) is 9.80 Å². The molecule has 0 bridgehead atoms. The fourth-order valence-electron chi connectivity index (χ4n) is 10.3. The molecule has 0 atom stereocenters. The lowest BCUT2D eigenvalue weighted by Gasteiger charge is -2.45. The fourth-order valence-corrected chi connectivity index (χ4v) is 10.3. The average molecular weight is 655 g/mol. The van der Waals surface area contributed by atoms with Gasteiger partial charge in [0, 0.05) is 34.1 Å². The van der Waals surface area contributed by atoms with Gasteiger partial charge in [-0.25, -0.2) is 0 Å². The molecule has 50 heavy (non-hydrogen) atoms. The molecule has 5 aromatic rings. The first kappa shape index (κ1) is 31.7. The van der Waals surface area contributed by atoms with E-state index in [9.17, 15) is 0 Å². The Kier molecular flexibility index (Phi) is 7.94. The highest BCUT2D eigenvalue weighted by molar-refractivity contribution is 7.00. The van der Waals surface area contributed by atoms with Gasteiger partial charge in [0.25, 0.3) is 6.71 Å². The lowest BCUT2D eigenvalue weighted by atomic mass is 9.33. The van der Waals surface area contributed by atoms with Crippen LogP contribution in [0.3, 0.4) is 0 Å². The Labute approximate surface area is 300 Å². The molecule has 2 aliphatic carbocycles. The van der Waals surface area contributed by atoms with Crippen molar-refractivity contribution in [1.82, 2.24) is 0 Å². The lowest BCUT2D eigenvalue weighted by molar-refractivity contribution is 0.444. The molecular weight excluding hydrogens is 603 g/mol. The molecule has 5 aromatic carbocycles. The maximum Gasteiger partial charge on any atom is 0.252 e. The van der Waals surface area contributed by atoms with E-state index < -0.39 is 0 Å². The van der Waals surface area contributed by atoms with Crippen LogP contribution in [-0.2, 0) is 0 Å². The standard InChI is InChI=1S/C47H51BN2/c1-30-20-31(2)23-39(22-30)49-43-28-37(35-12-8-6-9-13-35)16-18-41(43)48-42-19-17-38(36-14-10-7-11-15-36)29-44(42)50(40-24-32(3)21-33(4)25-40)46-27-34(5)26-45(49)47(46)48/h16-29,35-36H,6-15H2,1-5H3. The van der Waals surface area contributed by atoms with Gasteiger partial charge in [0.1, 0.15) is 0 Å². The van der Waals surface area contributed by atoms with E-state index in [0.717, 1.165) is 0 Å². The number of hydrogen-bond acceptors (Lipinski definition) is 2. The van der Waals surface area contributed by atoms with Gasteiger partial charge in [0.15, 0.2) is 0 Å². The summed E-state index contributed by atoms with van der Waals surface area (Å²) in [5.74, 6) is 1.31. The van der Waals surface area contributed by atoms with E-state index in [4.69, 9.17) is 0 Å². The van der Waals surface area contributed by atoms with Crippen LogP contribution < -0.4 is 26.2 Å². The molecule has 2 nitrogen and oxygen atoms in total.